The Labute approximate surface area is 175 Å². The summed E-state index contributed by atoms with van der Waals surface area (Å²) >= 11 is 2.07. The van der Waals surface area contributed by atoms with E-state index < -0.39 is 11.9 Å². The summed E-state index contributed by atoms with van der Waals surface area (Å²) in [5.74, 6) is -0.820. The Morgan fingerprint density at radius 3 is 2.64 bits per heavy atom. The summed E-state index contributed by atoms with van der Waals surface area (Å²) in [6.07, 6.45) is 1.41. The third kappa shape index (κ3) is 5.01. The van der Waals surface area contributed by atoms with Crippen LogP contribution in [0, 0.1) is 14.9 Å². The first-order chi connectivity index (χ1) is 13.4. The van der Waals surface area contributed by atoms with E-state index >= 15 is 0 Å². The molecule has 0 aromatic heterocycles. The highest BCUT2D eigenvalue weighted by molar-refractivity contribution is 14.1. The number of carbonyl (C=O) groups is 2. The number of nitrogens with zero attached hydrogens (tertiary/aromatic N) is 1. The van der Waals surface area contributed by atoms with Gasteiger partial charge in [-0.25, -0.2) is 4.79 Å². The van der Waals surface area contributed by atoms with Crippen molar-refractivity contribution in [2.75, 3.05) is 19.0 Å². The van der Waals surface area contributed by atoms with Crippen LogP contribution in [0.25, 0.3) is 6.08 Å². The van der Waals surface area contributed by atoms with Crippen molar-refractivity contribution in [2.24, 2.45) is 0 Å². The molecule has 0 aliphatic rings. The number of hydrogen-bond acceptors (Lipinski definition) is 5. The molecule has 8 heteroatoms. The van der Waals surface area contributed by atoms with Gasteiger partial charge in [-0.1, -0.05) is 12.1 Å². The third-order valence-corrected chi connectivity index (χ3v) is 4.42. The molecule has 2 aromatic carbocycles. The minimum atomic E-state index is -1.18. The molecule has 0 atom stereocenters. The highest BCUT2D eigenvalue weighted by Crippen LogP contribution is 2.34. The summed E-state index contributed by atoms with van der Waals surface area (Å²) in [7, 11) is 1.53. The molecule has 0 heterocycles. The number of hydrogen-bond donors (Lipinski definition) is 2. The molecular formula is C20H17IN2O5. The van der Waals surface area contributed by atoms with E-state index in [0.717, 1.165) is 3.57 Å². The van der Waals surface area contributed by atoms with E-state index in [0.29, 0.717) is 23.7 Å². The number of amides is 1. The lowest BCUT2D eigenvalue weighted by Gasteiger charge is -2.12. The fourth-order valence-electron chi connectivity index (χ4n) is 2.42. The topological polar surface area (TPSA) is 109 Å². The summed E-state index contributed by atoms with van der Waals surface area (Å²) in [5, 5.41) is 21.1. The zero-order chi connectivity index (χ0) is 20.7. The monoisotopic (exact) mass is 492 g/mol. The molecule has 0 saturated heterocycles. The van der Waals surface area contributed by atoms with Gasteiger partial charge in [0.15, 0.2) is 11.5 Å². The number of aromatic carboxylic acids is 1. The Hall–Kier alpha value is -3.06. The van der Waals surface area contributed by atoms with Crippen molar-refractivity contribution in [3.05, 3.63) is 56.7 Å². The second-order valence-corrected chi connectivity index (χ2v) is 6.60. The van der Waals surface area contributed by atoms with Crippen LogP contribution in [0.5, 0.6) is 11.5 Å². The van der Waals surface area contributed by atoms with Crippen LogP contribution in [0.3, 0.4) is 0 Å². The molecule has 2 rings (SSSR count). The number of methoxy groups -OCH3 is 1. The van der Waals surface area contributed by atoms with Gasteiger partial charge < -0.3 is 19.9 Å². The number of carboxylic acids is 1. The van der Waals surface area contributed by atoms with Crippen LogP contribution in [0.1, 0.15) is 22.8 Å². The Balaban J connectivity index is 2.38. The number of nitrogens with one attached hydrogen (secondary N) is 1. The molecule has 0 aliphatic heterocycles. The number of rotatable bonds is 7. The average Bonchev–Trinajstić information content (AvgIpc) is 2.66. The first-order valence-electron chi connectivity index (χ1n) is 8.17. The SMILES string of the molecule is CCOc1cc(/C=C(\C#N)C(=O)Nc2ccccc2C(=O)O)cc(I)c1OC. The maximum absolute atomic E-state index is 12.5. The standard InChI is InChI=1S/C20H17IN2O5/c1-3-28-17-10-12(9-15(21)18(17)27-2)8-13(11-22)19(24)23-16-7-5-4-6-14(16)20(25)26/h4-10H,3H2,1-2H3,(H,23,24)(H,25,26)/b13-8+. The molecule has 0 saturated carbocycles. The molecule has 0 spiro atoms. The molecule has 2 aromatic rings. The van der Waals surface area contributed by atoms with Crippen LogP contribution >= 0.6 is 22.6 Å². The molecule has 0 aliphatic carbocycles. The van der Waals surface area contributed by atoms with Gasteiger partial charge in [-0.05, 0) is 65.4 Å². The Kier molecular flexibility index (Phi) is 7.40. The summed E-state index contributed by atoms with van der Waals surface area (Å²) < 4.78 is 11.6. The number of halogens is 1. The minimum absolute atomic E-state index is 0.0641. The van der Waals surface area contributed by atoms with Gasteiger partial charge in [0.2, 0.25) is 0 Å². The lowest BCUT2D eigenvalue weighted by molar-refractivity contribution is -0.112. The fraction of sp³-hybridized carbons (Fsp3) is 0.150. The molecule has 0 bridgehead atoms. The van der Waals surface area contributed by atoms with E-state index in [9.17, 15) is 20.0 Å². The van der Waals surface area contributed by atoms with E-state index in [4.69, 9.17) is 9.47 Å². The number of ether oxygens (including phenoxy) is 2. The number of nitriles is 1. The number of benzene rings is 2. The predicted molar refractivity (Wildman–Crippen MR) is 113 cm³/mol. The molecule has 28 heavy (non-hydrogen) atoms. The lowest BCUT2D eigenvalue weighted by atomic mass is 10.1. The van der Waals surface area contributed by atoms with Gasteiger partial charge >= 0.3 is 5.97 Å². The molecule has 2 N–H and O–H groups in total. The summed E-state index contributed by atoms with van der Waals surface area (Å²) in [6.45, 7) is 2.26. The third-order valence-electron chi connectivity index (χ3n) is 3.62. The van der Waals surface area contributed by atoms with Gasteiger partial charge in [0.05, 0.1) is 28.5 Å². The van der Waals surface area contributed by atoms with Crippen molar-refractivity contribution in [3.63, 3.8) is 0 Å². The lowest BCUT2D eigenvalue weighted by Crippen LogP contribution is -2.16. The smallest absolute Gasteiger partial charge is 0.337 e. The van der Waals surface area contributed by atoms with E-state index in [1.807, 2.05) is 13.0 Å². The number of anilines is 1. The van der Waals surface area contributed by atoms with Gasteiger partial charge in [-0.3, -0.25) is 4.79 Å². The number of carbonyl (C=O) groups excluding carboxylic acids is 1. The molecule has 0 unspecified atom stereocenters. The maximum atomic E-state index is 12.5. The van der Waals surface area contributed by atoms with Gasteiger partial charge in [-0.2, -0.15) is 5.26 Å². The van der Waals surface area contributed by atoms with Crippen LogP contribution in [-0.2, 0) is 4.79 Å². The number of para-hydroxylation sites is 1. The van der Waals surface area contributed by atoms with Crippen LogP contribution in [-0.4, -0.2) is 30.7 Å². The predicted octanol–water partition coefficient (Wildman–Crippen LogP) is 3.94. The van der Waals surface area contributed by atoms with Crippen LogP contribution in [0.4, 0.5) is 5.69 Å². The zero-order valence-corrected chi connectivity index (χ0v) is 17.3. The van der Waals surface area contributed by atoms with E-state index in [-0.39, 0.29) is 16.8 Å². The van der Waals surface area contributed by atoms with Gasteiger partial charge in [-0.15, -0.1) is 0 Å². The molecule has 7 nitrogen and oxygen atoms in total. The molecule has 144 valence electrons. The van der Waals surface area contributed by atoms with Gasteiger partial charge in [0.25, 0.3) is 5.91 Å². The molecular weight excluding hydrogens is 475 g/mol. The average molecular weight is 492 g/mol. The van der Waals surface area contributed by atoms with E-state index in [1.165, 1.54) is 25.3 Å². The van der Waals surface area contributed by atoms with Crippen molar-refractivity contribution in [1.82, 2.24) is 0 Å². The highest BCUT2D eigenvalue weighted by atomic mass is 127. The largest absolute Gasteiger partial charge is 0.492 e. The second-order valence-electron chi connectivity index (χ2n) is 5.44. The molecule has 0 fully saturated rings. The summed E-state index contributed by atoms with van der Waals surface area (Å²) in [4.78, 5) is 23.8. The number of carboxylic acid groups (broad SMARTS) is 1. The van der Waals surface area contributed by atoms with Crippen LogP contribution in [0.2, 0.25) is 0 Å². The Morgan fingerprint density at radius 1 is 1.32 bits per heavy atom. The second kappa shape index (κ2) is 9.75. The quantitative estimate of drug-likeness (QED) is 0.345. The van der Waals surface area contributed by atoms with Gasteiger partial charge in [0.1, 0.15) is 11.6 Å². The van der Waals surface area contributed by atoms with Crippen molar-refractivity contribution in [3.8, 4) is 17.6 Å². The zero-order valence-electron chi connectivity index (χ0n) is 15.2. The minimum Gasteiger partial charge on any atom is -0.492 e. The van der Waals surface area contributed by atoms with Crippen molar-refractivity contribution in [1.29, 1.82) is 5.26 Å². The normalized spacial score (nSPS) is 10.7. The van der Waals surface area contributed by atoms with Crippen molar-refractivity contribution in [2.45, 2.75) is 6.92 Å². The molecule has 0 radical (unpaired) electrons. The van der Waals surface area contributed by atoms with Crippen LogP contribution in [0.15, 0.2) is 42.0 Å². The maximum Gasteiger partial charge on any atom is 0.337 e. The Bertz CT molecular complexity index is 979. The first kappa shape index (κ1) is 21.2. The summed E-state index contributed by atoms with van der Waals surface area (Å²) in [5.41, 5.74) is 0.446. The Morgan fingerprint density at radius 2 is 2.04 bits per heavy atom. The fourth-order valence-corrected chi connectivity index (χ4v) is 3.26. The van der Waals surface area contributed by atoms with E-state index in [1.54, 1.807) is 24.3 Å². The summed E-state index contributed by atoms with van der Waals surface area (Å²) in [6, 6.07) is 11.2. The molecule has 1 amide bonds. The highest BCUT2D eigenvalue weighted by Gasteiger charge is 2.16. The van der Waals surface area contributed by atoms with Gasteiger partial charge in [0, 0.05) is 0 Å². The first-order valence-corrected chi connectivity index (χ1v) is 9.24. The van der Waals surface area contributed by atoms with Crippen LogP contribution < -0.4 is 14.8 Å². The van der Waals surface area contributed by atoms with Crippen molar-refractivity contribution < 1.29 is 24.2 Å². The van der Waals surface area contributed by atoms with E-state index in [2.05, 4.69) is 27.9 Å². The van der Waals surface area contributed by atoms with Crippen molar-refractivity contribution >= 4 is 46.2 Å².